The first-order chi connectivity index (χ1) is 13.5. The van der Waals surface area contributed by atoms with Crippen LogP contribution >= 0.6 is 11.6 Å². The average molecular weight is 417 g/mol. The van der Waals surface area contributed by atoms with Crippen LogP contribution in [0.2, 0.25) is 5.02 Å². The number of hydrogen-bond acceptors (Lipinski definition) is 4. The minimum Gasteiger partial charge on any atom is -0.311 e. The normalized spacial score (nSPS) is 14.4. The van der Waals surface area contributed by atoms with Gasteiger partial charge in [0.15, 0.2) is 5.82 Å². The lowest BCUT2D eigenvalue weighted by molar-refractivity contribution is 0.600. The number of nitrogens with one attached hydrogen (secondary N) is 1. The third kappa shape index (κ3) is 3.52. The van der Waals surface area contributed by atoms with Gasteiger partial charge in [-0.15, -0.1) is 10.2 Å². The molecule has 6 nitrogen and oxygen atoms in total. The zero-order valence-electron chi connectivity index (χ0n) is 15.5. The maximum absolute atomic E-state index is 13.0. The number of anilines is 1. The highest BCUT2D eigenvalue weighted by atomic mass is 35.5. The van der Waals surface area contributed by atoms with E-state index in [1.807, 2.05) is 12.1 Å². The highest BCUT2D eigenvalue weighted by Gasteiger charge is 2.22. The summed E-state index contributed by atoms with van der Waals surface area (Å²) in [5.74, 6) is 1.65. The predicted molar refractivity (Wildman–Crippen MR) is 110 cm³/mol. The van der Waals surface area contributed by atoms with E-state index in [0.717, 1.165) is 38.1 Å². The highest BCUT2D eigenvalue weighted by molar-refractivity contribution is 7.92. The fourth-order valence-electron chi connectivity index (χ4n) is 3.53. The Morgan fingerprint density at radius 2 is 1.86 bits per heavy atom. The van der Waals surface area contributed by atoms with Gasteiger partial charge in [0, 0.05) is 23.6 Å². The average Bonchev–Trinajstić information content (AvgIpc) is 2.92. The van der Waals surface area contributed by atoms with E-state index in [1.165, 1.54) is 0 Å². The molecular formula is C20H21ClN4O2S. The van der Waals surface area contributed by atoms with Gasteiger partial charge in [0.1, 0.15) is 5.82 Å². The quantitative estimate of drug-likeness (QED) is 0.682. The molecule has 1 aliphatic rings. The van der Waals surface area contributed by atoms with Crippen LogP contribution in [0.25, 0.3) is 11.4 Å². The van der Waals surface area contributed by atoms with Crippen LogP contribution in [0.5, 0.6) is 0 Å². The van der Waals surface area contributed by atoms with Gasteiger partial charge in [-0.2, -0.15) is 0 Å². The summed E-state index contributed by atoms with van der Waals surface area (Å²) in [6.07, 6.45) is 4.21. The van der Waals surface area contributed by atoms with Gasteiger partial charge < -0.3 is 4.57 Å². The van der Waals surface area contributed by atoms with Crippen molar-refractivity contribution in [1.29, 1.82) is 0 Å². The van der Waals surface area contributed by atoms with Gasteiger partial charge in [0.25, 0.3) is 10.0 Å². The molecule has 1 aromatic heterocycles. The molecule has 4 rings (SSSR count). The molecule has 0 spiro atoms. The van der Waals surface area contributed by atoms with E-state index in [0.29, 0.717) is 27.7 Å². The number of hydrogen-bond donors (Lipinski definition) is 1. The predicted octanol–water partition coefficient (Wildman–Crippen LogP) is 4.43. The zero-order chi connectivity index (χ0) is 19.7. The maximum Gasteiger partial charge on any atom is 0.262 e. The summed E-state index contributed by atoms with van der Waals surface area (Å²) in [4.78, 5) is 0.162. The summed E-state index contributed by atoms with van der Waals surface area (Å²) >= 11 is 6.12. The molecule has 0 amide bonds. The van der Waals surface area contributed by atoms with Crippen LogP contribution in [-0.4, -0.2) is 23.2 Å². The second-order valence-corrected chi connectivity index (χ2v) is 8.97. The summed E-state index contributed by atoms with van der Waals surface area (Å²) < 4.78 is 30.9. The molecule has 0 fully saturated rings. The zero-order valence-corrected chi connectivity index (χ0v) is 17.1. The number of nitrogens with zero attached hydrogens (tertiary/aromatic N) is 3. The van der Waals surface area contributed by atoms with E-state index < -0.39 is 10.0 Å². The fraction of sp³-hybridized carbons (Fsp3) is 0.300. The lowest BCUT2D eigenvalue weighted by Crippen LogP contribution is -2.15. The van der Waals surface area contributed by atoms with E-state index >= 15 is 0 Å². The fourth-order valence-corrected chi connectivity index (χ4v) is 5.11. The molecule has 146 valence electrons. The molecule has 28 heavy (non-hydrogen) atoms. The lowest BCUT2D eigenvalue weighted by Gasteiger charge is -2.15. The number of aryl methyl sites for hydroxylation is 1. The van der Waals surface area contributed by atoms with Crippen LogP contribution in [0.15, 0.2) is 47.4 Å². The van der Waals surface area contributed by atoms with Gasteiger partial charge in [-0.3, -0.25) is 4.72 Å². The summed E-state index contributed by atoms with van der Waals surface area (Å²) in [5, 5.41) is 9.11. The van der Waals surface area contributed by atoms with Gasteiger partial charge >= 0.3 is 0 Å². The SMILES string of the molecule is Cc1c(Cl)cccc1S(=O)(=O)Nc1ccccc1-c1nnc2n1CCCCC2. The Kier molecular flexibility index (Phi) is 5.12. The minimum absolute atomic E-state index is 0.162. The van der Waals surface area contributed by atoms with E-state index in [9.17, 15) is 8.42 Å². The third-order valence-corrected chi connectivity index (χ3v) is 6.95. The van der Waals surface area contributed by atoms with Crippen LogP contribution in [-0.2, 0) is 23.0 Å². The molecule has 0 aliphatic carbocycles. The molecule has 0 atom stereocenters. The van der Waals surface area contributed by atoms with Crippen molar-refractivity contribution in [3.63, 3.8) is 0 Å². The second-order valence-electron chi connectivity index (χ2n) is 6.92. The number of benzene rings is 2. The van der Waals surface area contributed by atoms with Crippen molar-refractivity contribution in [2.75, 3.05) is 4.72 Å². The molecule has 0 bridgehead atoms. The molecule has 3 aromatic rings. The smallest absolute Gasteiger partial charge is 0.262 e. The summed E-state index contributed by atoms with van der Waals surface area (Å²) in [6, 6.07) is 12.1. The number of aromatic nitrogens is 3. The van der Waals surface area contributed by atoms with Crippen molar-refractivity contribution in [2.24, 2.45) is 0 Å². The molecule has 8 heteroatoms. The lowest BCUT2D eigenvalue weighted by atomic mass is 10.1. The number of fused-ring (bicyclic) bond motifs is 1. The molecular weight excluding hydrogens is 396 g/mol. The van der Waals surface area contributed by atoms with Crippen molar-refractivity contribution in [3.8, 4) is 11.4 Å². The summed E-state index contributed by atoms with van der Waals surface area (Å²) in [7, 11) is -3.80. The topological polar surface area (TPSA) is 76.9 Å². The number of para-hydroxylation sites is 1. The highest BCUT2D eigenvalue weighted by Crippen LogP contribution is 2.31. The molecule has 1 N–H and O–H groups in total. The Hall–Kier alpha value is -2.38. The van der Waals surface area contributed by atoms with E-state index in [1.54, 1.807) is 37.3 Å². The Morgan fingerprint density at radius 3 is 2.71 bits per heavy atom. The second kappa shape index (κ2) is 7.56. The van der Waals surface area contributed by atoms with E-state index in [-0.39, 0.29) is 4.90 Å². The van der Waals surface area contributed by atoms with Crippen LogP contribution in [0.3, 0.4) is 0 Å². The maximum atomic E-state index is 13.0. The molecule has 1 aliphatic heterocycles. The number of rotatable bonds is 4. The van der Waals surface area contributed by atoms with Crippen LogP contribution < -0.4 is 4.72 Å². The summed E-state index contributed by atoms with van der Waals surface area (Å²) in [5.41, 5.74) is 1.71. The molecule has 0 radical (unpaired) electrons. The van der Waals surface area contributed by atoms with Gasteiger partial charge in [-0.05, 0) is 49.6 Å². The van der Waals surface area contributed by atoms with Crippen LogP contribution in [0.1, 0.15) is 30.7 Å². The standard InChI is InChI=1S/C20H21ClN4O2S/c1-14-16(21)9-7-11-18(14)28(26,27)24-17-10-5-4-8-15(17)20-23-22-19-12-3-2-6-13-25(19)20/h4-5,7-11,24H,2-3,6,12-13H2,1H3. The molecule has 0 unspecified atom stereocenters. The van der Waals surface area contributed by atoms with Gasteiger partial charge in [0.2, 0.25) is 0 Å². The first-order valence-electron chi connectivity index (χ1n) is 9.27. The van der Waals surface area contributed by atoms with E-state index in [4.69, 9.17) is 11.6 Å². The molecule has 2 aromatic carbocycles. The third-order valence-electron chi connectivity index (χ3n) is 5.03. The van der Waals surface area contributed by atoms with Gasteiger partial charge in [-0.25, -0.2) is 8.42 Å². The number of halogens is 1. The van der Waals surface area contributed by atoms with Gasteiger partial charge in [0.05, 0.1) is 10.6 Å². The minimum atomic E-state index is -3.80. The Bertz CT molecular complexity index is 1120. The summed E-state index contributed by atoms with van der Waals surface area (Å²) in [6.45, 7) is 2.54. The first-order valence-corrected chi connectivity index (χ1v) is 11.1. The van der Waals surface area contributed by atoms with Crippen LogP contribution in [0, 0.1) is 6.92 Å². The molecule has 2 heterocycles. The Balaban J connectivity index is 1.76. The Labute approximate surface area is 169 Å². The monoisotopic (exact) mass is 416 g/mol. The van der Waals surface area contributed by atoms with Gasteiger partial charge in [-0.1, -0.05) is 36.2 Å². The van der Waals surface area contributed by atoms with Crippen molar-refractivity contribution < 1.29 is 8.42 Å². The number of sulfonamides is 1. The van der Waals surface area contributed by atoms with E-state index in [2.05, 4.69) is 19.5 Å². The first kappa shape index (κ1) is 19.0. The molecule has 0 saturated heterocycles. The van der Waals surface area contributed by atoms with Crippen molar-refractivity contribution in [2.45, 2.75) is 44.0 Å². The Morgan fingerprint density at radius 1 is 1.04 bits per heavy atom. The van der Waals surface area contributed by atoms with Crippen LogP contribution in [0.4, 0.5) is 5.69 Å². The van der Waals surface area contributed by atoms with Crippen molar-refractivity contribution in [3.05, 3.63) is 58.9 Å². The van der Waals surface area contributed by atoms with Crippen molar-refractivity contribution >= 4 is 27.3 Å². The molecule has 0 saturated carbocycles. The largest absolute Gasteiger partial charge is 0.311 e. The van der Waals surface area contributed by atoms with Crippen molar-refractivity contribution in [1.82, 2.24) is 14.8 Å².